The Morgan fingerprint density at radius 2 is 1.06 bits per heavy atom. The van der Waals surface area contributed by atoms with Gasteiger partial charge in [-0.05, 0) is 85.5 Å². The number of alkyl halides is 2. The van der Waals surface area contributed by atoms with E-state index < -0.39 is 51.9 Å². The van der Waals surface area contributed by atoms with E-state index in [0.29, 0.717) is 43.4 Å². The number of nitrogen functional groups attached to an aromatic ring is 1. The Morgan fingerprint density at radius 3 is 1.60 bits per heavy atom. The molecule has 1 unspecified atom stereocenters. The Balaban J connectivity index is 0.000000354. The predicted octanol–water partition coefficient (Wildman–Crippen LogP) is 10.1. The number of aryl methyl sites for hydroxylation is 2. The molecule has 5 aromatic carbocycles. The molecule has 0 bridgehead atoms. The third-order valence-electron chi connectivity index (χ3n) is 11.1. The summed E-state index contributed by atoms with van der Waals surface area (Å²) in [5.74, 6) is 0.372. The number of sulfone groups is 2. The van der Waals surface area contributed by atoms with Gasteiger partial charge in [-0.25, -0.2) is 49.8 Å². The van der Waals surface area contributed by atoms with E-state index in [1.807, 2.05) is 84.9 Å². The van der Waals surface area contributed by atoms with E-state index >= 15 is 0 Å². The summed E-state index contributed by atoms with van der Waals surface area (Å²) in [5, 5.41) is 3.63. The minimum absolute atomic E-state index is 0. The molecule has 0 aliphatic heterocycles. The zero-order valence-corrected chi connectivity index (χ0v) is 60.7. The maximum atomic E-state index is 12.6. The van der Waals surface area contributed by atoms with Crippen LogP contribution in [-0.2, 0) is 124 Å². The minimum Gasteiger partial charge on any atom is -0.384 e. The number of hydrogen-bond acceptors (Lipinski definition) is 12. The molecule has 5 aromatic heterocycles. The zero-order valence-electron chi connectivity index (χ0n) is 45.4. The molecule has 443 valence electrons. The van der Waals surface area contributed by atoms with Crippen molar-refractivity contribution in [3.8, 4) is 0 Å². The van der Waals surface area contributed by atoms with Gasteiger partial charge in [-0.2, -0.15) is 127 Å². The Bertz CT molecular complexity index is 3850. The summed E-state index contributed by atoms with van der Waals surface area (Å²) >= 11 is 3.05. The fourth-order valence-corrected chi connectivity index (χ4v) is 14.4. The summed E-state index contributed by atoms with van der Waals surface area (Å²) in [7, 11) is -10.2. The quantitative estimate of drug-likeness (QED) is 0.0907. The number of hydrogen-bond donors (Lipinski definition) is 1. The van der Waals surface area contributed by atoms with E-state index in [1.165, 1.54) is 35.1 Å². The molecule has 84 heavy (non-hydrogen) atoms. The van der Waals surface area contributed by atoms with Crippen LogP contribution in [0.5, 0.6) is 0 Å². The van der Waals surface area contributed by atoms with Gasteiger partial charge in [0.1, 0.15) is 32.3 Å². The number of pyridine rings is 5. The van der Waals surface area contributed by atoms with Crippen LogP contribution in [0.2, 0.25) is 13.1 Å². The van der Waals surface area contributed by atoms with E-state index in [4.69, 9.17) is 5.73 Å². The number of aromatic nitrogens is 5. The molecule has 0 aliphatic carbocycles. The van der Waals surface area contributed by atoms with Crippen molar-refractivity contribution < 1.29 is 110 Å². The Morgan fingerprint density at radius 1 is 0.536 bits per heavy atom. The summed E-state index contributed by atoms with van der Waals surface area (Å²) in [6, 6.07) is 74.1. The first-order valence-electron chi connectivity index (χ1n) is 24.4. The number of halogens is 2. The van der Waals surface area contributed by atoms with E-state index in [0.717, 1.165) is 19.7 Å². The standard InChI is InChI=1S/C14H15FNSi.C12H9FNS.2C12H10NO2S.C11H9N2OS.Al.4Ir.H/c1-17(2,13-8-4-3-5-9-13)14-10-6-7-12(11-15)16-14;13-9-10-5-4-8-12(14-10)15-11-6-2-1-3-7-11;2*1-10-6-5-9-12(13-10)16(14,15)11-7-3-2-4-8-11;12-10-7-4-8-11(13-10)15(14)9-5-2-1-3-6-9;;;;;;/h3-8,10H,11H2,1-2H3;1-6,8H,9H2;2*2-7,9H,1H3;1-5,7-8H,(H2,12,13);;;;;;/q2*-1;;2*-1;;;;;;. The molecule has 2 N–H and O–H groups in total. The first kappa shape index (κ1) is 75.4. The normalized spacial score (nSPS) is 10.8. The number of benzene rings is 5. The van der Waals surface area contributed by atoms with Gasteiger partial charge in [0.25, 0.3) is 0 Å². The van der Waals surface area contributed by atoms with Crippen molar-refractivity contribution in [3.63, 3.8) is 0 Å². The van der Waals surface area contributed by atoms with Crippen LogP contribution >= 0.6 is 11.8 Å². The molecule has 0 amide bonds. The third kappa shape index (κ3) is 22.8. The summed E-state index contributed by atoms with van der Waals surface area (Å²) in [5.41, 5.74) is 7.87. The van der Waals surface area contributed by atoms with E-state index in [-0.39, 0.29) is 95.4 Å². The molecular formula is C61H54AlF2Ir4N6O5S4Si-4. The summed E-state index contributed by atoms with van der Waals surface area (Å²) in [6.45, 7) is 6.93. The monoisotopic (exact) mass is 1940 g/mol. The number of nitrogens with zero attached hydrogens (tertiary/aromatic N) is 5. The molecule has 0 spiro atoms. The van der Waals surface area contributed by atoms with Crippen LogP contribution in [0, 0.1) is 38.1 Å². The smallest absolute Gasteiger partial charge is 0.225 e. The molecular weight excluding hydrogens is 1890 g/mol. The van der Waals surface area contributed by atoms with Gasteiger partial charge in [0.2, 0.25) is 36.0 Å². The summed E-state index contributed by atoms with van der Waals surface area (Å²) in [6.07, 6.45) is 0. The molecule has 0 saturated carbocycles. The second-order valence-corrected chi connectivity index (χ2v) is 28.7. The van der Waals surface area contributed by atoms with Crippen molar-refractivity contribution in [2.24, 2.45) is 0 Å². The van der Waals surface area contributed by atoms with Crippen molar-refractivity contribution in [2.75, 3.05) is 5.73 Å². The van der Waals surface area contributed by atoms with Crippen molar-refractivity contribution in [1.82, 2.24) is 24.9 Å². The van der Waals surface area contributed by atoms with Gasteiger partial charge in [0.05, 0.1) is 32.1 Å². The van der Waals surface area contributed by atoms with Gasteiger partial charge >= 0.3 is 0 Å². The minimum atomic E-state index is -3.53. The largest absolute Gasteiger partial charge is 0.384 e. The van der Waals surface area contributed by atoms with Gasteiger partial charge in [0.15, 0.2) is 10.1 Å². The predicted molar refractivity (Wildman–Crippen MR) is 315 cm³/mol. The van der Waals surface area contributed by atoms with E-state index in [9.17, 15) is 29.8 Å². The fourth-order valence-electron chi connectivity index (χ4n) is 6.97. The second kappa shape index (κ2) is 37.7. The molecule has 5 heterocycles. The van der Waals surface area contributed by atoms with Gasteiger partial charge in [-0.3, -0.25) is 4.98 Å². The van der Waals surface area contributed by atoms with Crippen LogP contribution in [0.25, 0.3) is 0 Å². The molecule has 23 heteroatoms. The summed E-state index contributed by atoms with van der Waals surface area (Å²) < 4.78 is 86.6. The molecule has 5 radical (unpaired) electrons. The van der Waals surface area contributed by atoms with Gasteiger partial charge in [0, 0.05) is 97.1 Å². The van der Waals surface area contributed by atoms with E-state index in [2.05, 4.69) is 68.3 Å². The van der Waals surface area contributed by atoms with Gasteiger partial charge in [-0.15, -0.1) is 4.43 Å². The number of rotatable bonds is 12. The van der Waals surface area contributed by atoms with Gasteiger partial charge < -0.3 is 5.73 Å². The van der Waals surface area contributed by atoms with Crippen LogP contribution in [0.1, 0.15) is 22.8 Å². The summed E-state index contributed by atoms with van der Waals surface area (Å²) in [4.78, 5) is 22.7. The van der Waals surface area contributed by atoms with Crippen molar-refractivity contribution >= 4 is 87.3 Å². The first-order valence-corrected chi connectivity index (χ1v) is 33.1. The van der Waals surface area contributed by atoms with Crippen LogP contribution in [-0.4, -0.2) is 70.3 Å². The average Bonchev–Trinajstić information content (AvgIpc) is 3.62. The molecule has 0 aliphatic rings. The van der Waals surface area contributed by atoms with Crippen molar-refractivity contribution in [2.45, 2.75) is 80.0 Å². The van der Waals surface area contributed by atoms with Crippen molar-refractivity contribution in [1.29, 1.82) is 0 Å². The number of anilines is 1. The maximum Gasteiger partial charge on any atom is 0.225 e. The van der Waals surface area contributed by atoms with Crippen molar-refractivity contribution in [3.05, 3.63) is 259 Å². The van der Waals surface area contributed by atoms with Crippen LogP contribution in [0.3, 0.4) is 0 Å². The third-order valence-corrected chi connectivity index (χ3v) is 20.7. The molecule has 0 saturated heterocycles. The zero-order chi connectivity index (χ0) is 57.5. The second-order valence-electron chi connectivity index (χ2n) is 17.5. The average molecular weight is 1940 g/mol. The molecule has 1 atom stereocenters. The fraction of sp³-hybridized carbons (Fsp3) is 0.0984. The van der Waals surface area contributed by atoms with Crippen LogP contribution < -0.4 is 20.7 Å². The van der Waals surface area contributed by atoms with Crippen LogP contribution in [0.4, 0.5) is 14.6 Å². The molecule has 10 rings (SSSR count). The number of nitrogens with two attached hydrogens (primary N) is 1. The van der Waals surface area contributed by atoms with Crippen LogP contribution in [0.15, 0.2) is 252 Å². The molecule has 11 nitrogen and oxygen atoms in total. The first-order chi connectivity index (χ1) is 38.4. The molecule has 0 fully saturated rings. The Hall–Kier alpha value is -4.74. The Kier molecular flexibility index (Phi) is 33.9. The molecule has 10 aromatic rings. The van der Waals surface area contributed by atoms with Gasteiger partial charge in [-0.1, -0.05) is 83.2 Å². The SMILES string of the molecule is C[Si](C)(c1[c-]cccc1)c1cccc(CF)n1.Cc1cccc(S(=O)(=O)c2[c-]cccc2)n1.Cc1cccc(S(=O)(=O)c2cccc[c]2[AlH])n1.FCc1cccc(Sc2[c-]cccc2)n1.Nc1cccc(S(=O)c2[c-]cccc2)n1.[Ir].[Ir].[Ir].[Ir]. The maximum absolute atomic E-state index is 12.6. The van der Waals surface area contributed by atoms with E-state index in [1.54, 1.807) is 133 Å². The Labute approximate surface area is 561 Å². The topological polar surface area (TPSA) is 176 Å².